The Kier molecular flexibility index (Phi) is 5.82. The summed E-state index contributed by atoms with van der Waals surface area (Å²) in [6.45, 7) is 4.23. The smallest absolute Gasteiger partial charge is 0.335 e. The van der Waals surface area contributed by atoms with Crippen molar-refractivity contribution in [2.75, 3.05) is 26.9 Å². The first-order chi connectivity index (χ1) is 8.24. The Balaban J connectivity index is 2.16. The van der Waals surface area contributed by atoms with Crippen molar-refractivity contribution >= 4 is 5.97 Å². The van der Waals surface area contributed by atoms with Gasteiger partial charge in [-0.25, -0.2) is 4.79 Å². The molecular weight excluding hydrogens is 220 g/mol. The summed E-state index contributed by atoms with van der Waals surface area (Å²) in [4.78, 5) is 11.3. The van der Waals surface area contributed by atoms with Gasteiger partial charge < -0.3 is 14.2 Å². The second-order valence-electron chi connectivity index (χ2n) is 3.33. The van der Waals surface area contributed by atoms with Crippen LogP contribution in [-0.4, -0.2) is 32.9 Å². The van der Waals surface area contributed by atoms with Gasteiger partial charge in [0.25, 0.3) is 0 Å². The number of esters is 1. The third kappa shape index (κ3) is 5.17. The minimum atomic E-state index is -0.455. The molecule has 92 valence electrons. The van der Waals surface area contributed by atoms with Crippen LogP contribution in [0, 0.1) is 0 Å². The van der Waals surface area contributed by atoms with Crippen molar-refractivity contribution in [1.82, 2.24) is 0 Å². The predicted molar refractivity (Wildman–Crippen MR) is 63.9 cm³/mol. The molecule has 0 saturated heterocycles. The first-order valence-electron chi connectivity index (χ1n) is 5.25. The Hall–Kier alpha value is -1.81. The molecule has 0 saturated carbocycles. The molecule has 4 nitrogen and oxygen atoms in total. The first-order valence-corrected chi connectivity index (χ1v) is 5.25. The molecule has 0 aliphatic rings. The van der Waals surface area contributed by atoms with Crippen molar-refractivity contribution in [3.63, 3.8) is 0 Å². The lowest BCUT2D eigenvalue weighted by atomic mass is 10.3. The molecule has 0 radical (unpaired) electrons. The van der Waals surface area contributed by atoms with Gasteiger partial charge in [0.1, 0.15) is 19.0 Å². The molecule has 0 aromatic heterocycles. The summed E-state index contributed by atoms with van der Waals surface area (Å²) in [5.41, 5.74) is 0.298. The van der Waals surface area contributed by atoms with Crippen LogP contribution < -0.4 is 4.74 Å². The maximum Gasteiger partial charge on any atom is 0.335 e. The van der Waals surface area contributed by atoms with E-state index in [1.165, 1.54) is 7.11 Å². The number of benzene rings is 1. The second kappa shape index (κ2) is 7.46. The highest BCUT2D eigenvalue weighted by Gasteiger charge is 2.07. The number of carbonyl (C=O) groups is 1. The van der Waals surface area contributed by atoms with Gasteiger partial charge in [0.15, 0.2) is 0 Å². The summed E-state index contributed by atoms with van der Waals surface area (Å²) in [5, 5.41) is 0. The van der Waals surface area contributed by atoms with Crippen molar-refractivity contribution in [2.45, 2.75) is 0 Å². The van der Waals surface area contributed by atoms with Gasteiger partial charge in [0.05, 0.1) is 12.2 Å². The van der Waals surface area contributed by atoms with Gasteiger partial charge in [0.2, 0.25) is 0 Å². The van der Waals surface area contributed by atoms with E-state index in [4.69, 9.17) is 14.2 Å². The van der Waals surface area contributed by atoms with Gasteiger partial charge in [-0.1, -0.05) is 24.8 Å². The molecule has 0 aliphatic carbocycles. The highest BCUT2D eigenvalue weighted by molar-refractivity contribution is 5.87. The van der Waals surface area contributed by atoms with E-state index < -0.39 is 5.97 Å². The summed E-state index contributed by atoms with van der Waals surface area (Å²) in [6.07, 6.45) is 0. The zero-order valence-corrected chi connectivity index (χ0v) is 9.85. The quantitative estimate of drug-likeness (QED) is 0.411. The van der Waals surface area contributed by atoms with Crippen LogP contribution >= 0.6 is 0 Å². The third-order valence-electron chi connectivity index (χ3n) is 1.94. The summed E-state index contributed by atoms with van der Waals surface area (Å²) >= 11 is 0. The fraction of sp³-hybridized carbons (Fsp3) is 0.308. The zero-order valence-electron chi connectivity index (χ0n) is 9.85. The van der Waals surface area contributed by atoms with Gasteiger partial charge in [-0.05, 0) is 12.1 Å². The lowest BCUT2D eigenvalue weighted by Gasteiger charge is -2.08. The van der Waals surface area contributed by atoms with Crippen LogP contribution in [0.5, 0.6) is 5.75 Å². The van der Waals surface area contributed by atoms with E-state index in [0.29, 0.717) is 12.2 Å². The van der Waals surface area contributed by atoms with Crippen molar-refractivity contribution in [2.24, 2.45) is 0 Å². The minimum absolute atomic E-state index is 0.179. The molecule has 1 rings (SSSR count). The summed E-state index contributed by atoms with van der Waals surface area (Å²) in [5.74, 6) is 0.294. The lowest BCUT2D eigenvalue weighted by molar-refractivity contribution is -0.140. The van der Waals surface area contributed by atoms with E-state index in [1.54, 1.807) is 0 Å². The molecule has 0 fully saturated rings. The number of hydrogen-bond donors (Lipinski definition) is 0. The van der Waals surface area contributed by atoms with Crippen molar-refractivity contribution in [3.8, 4) is 5.75 Å². The normalized spacial score (nSPS) is 9.71. The van der Waals surface area contributed by atoms with Crippen LogP contribution in [-0.2, 0) is 14.3 Å². The fourth-order valence-electron chi connectivity index (χ4n) is 1.15. The molecule has 0 amide bonds. The molecule has 0 bridgehead atoms. The molecule has 4 heteroatoms. The van der Waals surface area contributed by atoms with Crippen LogP contribution in [0.3, 0.4) is 0 Å². The molecule has 0 heterocycles. The number of ether oxygens (including phenoxy) is 3. The summed E-state index contributed by atoms with van der Waals surface area (Å²) in [7, 11) is 1.50. The SMILES string of the molecule is C=C(COC)C(=O)OCCOc1ccccc1. The van der Waals surface area contributed by atoms with Crippen molar-refractivity contribution in [1.29, 1.82) is 0 Å². The first kappa shape index (κ1) is 13.3. The average molecular weight is 236 g/mol. The fourth-order valence-corrected chi connectivity index (χ4v) is 1.15. The van der Waals surface area contributed by atoms with E-state index in [9.17, 15) is 4.79 Å². The van der Waals surface area contributed by atoms with Gasteiger partial charge in [-0.15, -0.1) is 0 Å². The molecule has 1 aromatic rings. The lowest BCUT2D eigenvalue weighted by Crippen LogP contribution is -2.15. The Morgan fingerprint density at radius 1 is 1.24 bits per heavy atom. The van der Waals surface area contributed by atoms with Gasteiger partial charge in [-0.2, -0.15) is 0 Å². The monoisotopic (exact) mass is 236 g/mol. The Morgan fingerprint density at radius 2 is 1.94 bits per heavy atom. The number of methoxy groups -OCH3 is 1. The van der Waals surface area contributed by atoms with Crippen LogP contribution in [0.4, 0.5) is 0 Å². The Bertz CT molecular complexity index is 359. The molecule has 0 atom stereocenters. The van der Waals surface area contributed by atoms with E-state index in [1.807, 2.05) is 30.3 Å². The number of rotatable bonds is 7. The largest absolute Gasteiger partial charge is 0.490 e. The van der Waals surface area contributed by atoms with Gasteiger partial charge in [0, 0.05) is 7.11 Å². The highest BCUT2D eigenvalue weighted by atomic mass is 16.6. The third-order valence-corrected chi connectivity index (χ3v) is 1.94. The van der Waals surface area contributed by atoms with Crippen molar-refractivity contribution in [3.05, 3.63) is 42.5 Å². The van der Waals surface area contributed by atoms with E-state index in [-0.39, 0.29) is 13.2 Å². The van der Waals surface area contributed by atoms with E-state index >= 15 is 0 Å². The van der Waals surface area contributed by atoms with Crippen LogP contribution in [0.15, 0.2) is 42.5 Å². The van der Waals surface area contributed by atoms with Gasteiger partial charge >= 0.3 is 5.97 Å². The number of hydrogen-bond acceptors (Lipinski definition) is 4. The molecule has 0 spiro atoms. The molecule has 17 heavy (non-hydrogen) atoms. The van der Waals surface area contributed by atoms with E-state index in [2.05, 4.69) is 6.58 Å². The predicted octanol–water partition coefficient (Wildman–Crippen LogP) is 1.81. The van der Waals surface area contributed by atoms with Crippen LogP contribution in [0.25, 0.3) is 0 Å². The van der Waals surface area contributed by atoms with Gasteiger partial charge in [-0.3, -0.25) is 0 Å². The Morgan fingerprint density at radius 3 is 2.59 bits per heavy atom. The molecule has 0 aliphatic heterocycles. The molecule has 0 N–H and O–H groups in total. The molecular formula is C13H16O4. The maximum atomic E-state index is 11.3. The number of carbonyl (C=O) groups excluding carboxylic acids is 1. The minimum Gasteiger partial charge on any atom is -0.490 e. The average Bonchev–Trinajstić information content (AvgIpc) is 2.36. The second-order valence-corrected chi connectivity index (χ2v) is 3.33. The zero-order chi connectivity index (χ0) is 12.5. The topological polar surface area (TPSA) is 44.8 Å². The standard InChI is InChI=1S/C13H16O4/c1-11(10-15-2)13(14)17-9-8-16-12-6-4-3-5-7-12/h3-7H,1,8-10H2,2H3. The molecule has 0 unspecified atom stereocenters. The maximum absolute atomic E-state index is 11.3. The van der Waals surface area contributed by atoms with E-state index in [0.717, 1.165) is 5.75 Å². The molecule has 1 aromatic carbocycles. The number of para-hydroxylation sites is 1. The Labute approximate surface area is 101 Å². The van der Waals surface area contributed by atoms with Crippen LogP contribution in [0.1, 0.15) is 0 Å². The summed E-state index contributed by atoms with van der Waals surface area (Å²) < 4.78 is 15.1. The highest BCUT2D eigenvalue weighted by Crippen LogP contribution is 2.07. The summed E-state index contributed by atoms with van der Waals surface area (Å²) in [6, 6.07) is 9.34. The van der Waals surface area contributed by atoms with Crippen LogP contribution in [0.2, 0.25) is 0 Å². The van der Waals surface area contributed by atoms with Crippen molar-refractivity contribution < 1.29 is 19.0 Å².